The summed E-state index contributed by atoms with van der Waals surface area (Å²) in [5.41, 5.74) is 1.32. The molecule has 8 rings (SSSR count). The molecule has 15 heteroatoms. The van der Waals surface area contributed by atoms with Gasteiger partial charge in [0.1, 0.15) is 17.5 Å². The van der Waals surface area contributed by atoms with Gasteiger partial charge in [-0.3, -0.25) is 29.5 Å². The number of carbonyl (C=O) groups is 3. The Morgan fingerprint density at radius 2 is 1.75 bits per heavy atom. The lowest BCUT2D eigenvalue weighted by molar-refractivity contribution is -0.141. The molecule has 0 unspecified atom stereocenters. The Kier molecular flexibility index (Phi) is 9.68. The number of imide groups is 1. The van der Waals surface area contributed by atoms with E-state index in [0.29, 0.717) is 29.3 Å². The number of hydrogen-bond acceptors (Lipinski definition) is 8. The average Bonchev–Trinajstić information content (AvgIpc) is 3.60. The Morgan fingerprint density at radius 3 is 2.49 bits per heavy atom. The molecule has 3 aromatic heterocycles. The summed E-state index contributed by atoms with van der Waals surface area (Å²) in [6.07, 6.45) is 7.14. The molecule has 1 aliphatic carbocycles. The number of anilines is 2. The number of nitrogens with zero attached hydrogens (tertiary/aromatic N) is 7. The summed E-state index contributed by atoms with van der Waals surface area (Å²) in [6.45, 7) is 3.37. The van der Waals surface area contributed by atoms with Gasteiger partial charge in [-0.15, -0.1) is 0 Å². The van der Waals surface area contributed by atoms with Gasteiger partial charge in [-0.2, -0.15) is 23.5 Å². The molecule has 2 saturated heterocycles. The van der Waals surface area contributed by atoms with Gasteiger partial charge >= 0.3 is 12.2 Å². The number of rotatable bonds is 7. The van der Waals surface area contributed by atoms with Crippen LogP contribution in [0.3, 0.4) is 0 Å². The van der Waals surface area contributed by atoms with Crippen LogP contribution in [0.15, 0.2) is 67.1 Å². The third-order valence-electron chi connectivity index (χ3n) is 11.2. The largest absolute Gasteiger partial charge is 0.433 e. The molecular formula is C40H38F3N9O3. The number of nitrogens with one attached hydrogen (secondary N) is 2. The van der Waals surface area contributed by atoms with E-state index in [2.05, 4.69) is 37.6 Å². The summed E-state index contributed by atoms with van der Waals surface area (Å²) in [5.74, 6) is -0.159. The fourth-order valence-corrected chi connectivity index (χ4v) is 8.33. The van der Waals surface area contributed by atoms with Gasteiger partial charge in [0.15, 0.2) is 0 Å². The van der Waals surface area contributed by atoms with Crippen LogP contribution in [0.1, 0.15) is 84.2 Å². The van der Waals surface area contributed by atoms with Crippen LogP contribution in [0.25, 0.3) is 21.7 Å². The van der Waals surface area contributed by atoms with Gasteiger partial charge in [0.25, 0.3) is 5.91 Å². The van der Waals surface area contributed by atoms with Gasteiger partial charge in [0.05, 0.1) is 34.7 Å². The van der Waals surface area contributed by atoms with Gasteiger partial charge in [-0.25, -0.2) is 9.78 Å². The highest BCUT2D eigenvalue weighted by molar-refractivity contribution is 6.10. The Balaban J connectivity index is 0.868. The van der Waals surface area contributed by atoms with Crippen molar-refractivity contribution < 1.29 is 27.6 Å². The van der Waals surface area contributed by atoms with E-state index in [4.69, 9.17) is 5.10 Å². The van der Waals surface area contributed by atoms with Gasteiger partial charge < -0.3 is 10.2 Å². The monoisotopic (exact) mass is 749 g/mol. The summed E-state index contributed by atoms with van der Waals surface area (Å²) < 4.78 is 41.4. The quantitative estimate of drug-likeness (QED) is 0.178. The molecule has 4 amide bonds. The van der Waals surface area contributed by atoms with Crippen LogP contribution in [0.4, 0.5) is 29.3 Å². The standard InChI is InChI=1S/C40H38F3N9O3/c41-40(42,43)36-6-2-5-32(46-36)38(54)47-33-18-27-23-52(49-34(27)17-26(33)19-44)28-9-7-24(8-10-28)22-50-14-11-25(12-15-50)29-3-1-4-30-31(29)20-45-21-35(30)51-16-13-37(53)48-39(51)55/h1-6,17-18,20-21,23-25,28H,7-16,22H2,(H,47,54)(H,48,53,55). The zero-order valence-electron chi connectivity index (χ0n) is 29.9. The summed E-state index contributed by atoms with van der Waals surface area (Å²) in [4.78, 5) is 49.3. The Morgan fingerprint density at radius 1 is 0.964 bits per heavy atom. The second kappa shape index (κ2) is 14.7. The molecule has 0 bridgehead atoms. The number of urea groups is 1. The van der Waals surface area contributed by atoms with Crippen molar-refractivity contribution in [2.75, 3.05) is 36.4 Å². The number of benzene rings is 2. The van der Waals surface area contributed by atoms with Crippen molar-refractivity contribution in [1.29, 1.82) is 5.26 Å². The van der Waals surface area contributed by atoms with Crippen LogP contribution in [-0.2, 0) is 11.0 Å². The molecule has 5 aromatic rings. The van der Waals surface area contributed by atoms with Crippen LogP contribution in [0.5, 0.6) is 0 Å². The first-order valence-corrected chi connectivity index (χ1v) is 18.5. The van der Waals surface area contributed by atoms with E-state index in [1.807, 2.05) is 29.2 Å². The summed E-state index contributed by atoms with van der Waals surface area (Å²) in [6, 6.07) is 14.4. The molecular weight excluding hydrogens is 711 g/mol. The molecule has 0 spiro atoms. The van der Waals surface area contributed by atoms with Crippen LogP contribution >= 0.6 is 0 Å². The number of amides is 4. The maximum Gasteiger partial charge on any atom is 0.433 e. The highest BCUT2D eigenvalue weighted by atomic mass is 19.4. The van der Waals surface area contributed by atoms with Crippen LogP contribution < -0.4 is 15.5 Å². The predicted molar refractivity (Wildman–Crippen MR) is 198 cm³/mol. The molecule has 0 radical (unpaired) electrons. The molecule has 2 aromatic carbocycles. The first kappa shape index (κ1) is 36.1. The normalized spacial score (nSPS) is 20.1. The minimum atomic E-state index is -4.69. The molecule has 12 nitrogen and oxygen atoms in total. The Labute approximate surface area is 314 Å². The third-order valence-corrected chi connectivity index (χ3v) is 11.2. The van der Waals surface area contributed by atoms with Crippen molar-refractivity contribution in [3.8, 4) is 6.07 Å². The second-order valence-electron chi connectivity index (χ2n) is 14.6. The average molecular weight is 750 g/mol. The van der Waals surface area contributed by atoms with E-state index < -0.39 is 29.5 Å². The van der Waals surface area contributed by atoms with Crippen molar-refractivity contribution in [2.24, 2.45) is 5.92 Å². The van der Waals surface area contributed by atoms with Crippen molar-refractivity contribution >= 4 is 50.9 Å². The predicted octanol–water partition coefficient (Wildman–Crippen LogP) is 7.18. The Hall–Kier alpha value is -5.88. The van der Waals surface area contributed by atoms with E-state index in [1.165, 1.54) is 11.6 Å². The van der Waals surface area contributed by atoms with E-state index in [1.54, 1.807) is 23.2 Å². The maximum atomic E-state index is 13.1. The maximum absolute atomic E-state index is 13.1. The molecule has 282 valence electrons. The Bertz CT molecular complexity index is 2340. The van der Waals surface area contributed by atoms with E-state index in [9.17, 15) is 32.8 Å². The SMILES string of the molecule is N#Cc1cc2nn(C3CCC(CN4CCC(c5cccc6c(N7CCC(=O)NC7=O)cncc56)CC4)CC3)cc2cc1NC(=O)c1cccc(C(F)(F)F)n1. The van der Waals surface area contributed by atoms with Crippen molar-refractivity contribution in [3.05, 3.63) is 89.6 Å². The third kappa shape index (κ3) is 7.46. The molecule has 2 N–H and O–H groups in total. The number of fused-ring (bicyclic) bond motifs is 2. The zero-order chi connectivity index (χ0) is 38.3. The first-order valence-electron chi connectivity index (χ1n) is 18.5. The number of alkyl halides is 3. The lowest BCUT2D eigenvalue weighted by Gasteiger charge is -2.37. The number of nitriles is 1. The highest BCUT2D eigenvalue weighted by Gasteiger charge is 2.33. The minimum absolute atomic E-state index is 0.151. The topological polar surface area (TPSA) is 149 Å². The van der Waals surface area contributed by atoms with Gasteiger partial charge in [-0.1, -0.05) is 24.3 Å². The molecule has 3 fully saturated rings. The number of aromatic nitrogens is 4. The van der Waals surface area contributed by atoms with Crippen LogP contribution in [-0.4, -0.2) is 68.7 Å². The highest BCUT2D eigenvalue weighted by Crippen LogP contribution is 2.38. The number of likely N-dealkylation sites (tertiary alicyclic amines) is 1. The van der Waals surface area contributed by atoms with E-state index >= 15 is 0 Å². The fraction of sp³-hybridized carbons (Fsp3) is 0.375. The molecule has 1 saturated carbocycles. The molecule has 55 heavy (non-hydrogen) atoms. The zero-order valence-corrected chi connectivity index (χ0v) is 29.9. The van der Waals surface area contributed by atoms with Crippen molar-refractivity contribution in [2.45, 2.75) is 63.1 Å². The summed E-state index contributed by atoms with van der Waals surface area (Å²) >= 11 is 0. The number of piperidine rings is 1. The smallest absolute Gasteiger partial charge is 0.319 e. The molecule has 2 aliphatic heterocycles. The number of pyridine rings is 2. The summed E-state index contributed by atoms with van der Waals surface area (Å²) in [5, 5.41) is 22.2. The first-order chi connectivity index (χ1) is 26.5. The fourth-order valence-electron chi connectivity index (χ4n) is 8.33. The van der Waals surface area contributed by atoms with Crippen LogP contribution in [0, 0.1) is 17.2 Å². The molecule has 5 heterocycles. The van der Waals surface area contributed by atoms with Crippen molar-refractivity contribution in [3.63, 3.8) is 0 Å². The lowest BCUT2D eigenvalue weighted by Crippen LogP contribution is -2.49. The number of carbonyl (C=O) groups excluding carboxylic acids is 3. The van der Waals surface area contributed by atoms with Gasteiger partial charge in [-0.05, 0) is 93.3 Å². The van der Waals surface area contributed by atoms with E-state index in [0.717, 1.165) is 86.8 Å². The van der Waals surface area contributed by atoms with Crippen LogP contribution in [0.2, 0.25) is 0 Å². The minimum Gasteiger partial charge on any atom is -0.319 e. The lowest BCUT2D eigenvalue weighted by atomic mass is 9.84. The molecule has 0 atom stereocenters. The van der Waals surface area contributed by atoms with Gasteiger partial charge in [0, 0.05) is 48.1 Å². The van der Waals surface area contributed by atoms with Crippen molar-refractivity contribution in [1.82, 2.24) is 30.0 Å². The second-order valence-corrected chi connectivity index (χ2v) is 14.6. The number of halogens is 3. The summed E-state index contributed by atoms with van der Waals surface area (Å²) in [7, 11) is 0. The van der Waals surface area contributed by atoms with E-state index in [-0.39, 0.29) is 29.6 Å². The van der Waals surface area contributed by atoms with Gasteiger partial charge in [0.2, 0.25) is 5.91 Å². The molecule has 3 aliphatic rings. The number of hydrogen-bond donors (Lipinski definition) is 2.